The van der Waals surface area contributed by atoms with Crippen molar-refractivity contribution in [3.05, 3.63) is 63.1 Å². The summed E-state index contributed by atoms with van der Waals surface area (Å²) in [5.74, 6) is 0.758. The highest BCUT2D eigenvalue weighted by atomic mass is 79.9. The Hall–Kier alpha value is -1.32. The van der Waals surface area contributed by atoms with E-state index in [1.54, 1.807) is 31.4 Å². The summed E-state index contributed by atoms with van der Waals surface area (Å²) in [5, 5.41) is 0.565. The van der Waals surface area contributed by atoms with E-state index in [1.807, 2.05) is 18.2 Å². The fourth-order valence-corrected chi connectivity index (χ4v) is 2.33. The van der Waals surface area contributed by atoms with E-state index >= 15 is 0 Å². The van der Waals surface area contributed by atoms with E-state index in [2.05, 4.69) is 15.9 Å². The van der Waals surface area contributed by atoms with Gasteiger partial charge in [-0.3, -0.25) is 4.79 Å². The molecule has 19 heavy (non-hydrogen) atoms. The van der Waals surface area contributed by atoms with Crippen LogP contribution >= 0.6 is 27.5 Å². The topological polar surface area (TPSA) is 26.3 Å². The first-order valence-corrected chi connectivity index (χ1v) is 6.88. The summed E-state index contributed by atoms with van der Waals surface area (Å²) in [5.41, 5.74) is 1.51. The van der Waals surface area contributed by atoms with E-state index < -0.39 is 0 Å². The average molecular weight is 340 g/mol. The number of methoxy groups -OCH3 is 1. The molecule has 0 bridgehead atoms. The maximum absolute atomic E-state index is 12.2. The summed E-state index contributed by atoms with van der Waals surface area (Å²) in [4.78, 5) is 12.2. The molecule has 0 aliphatic carbocycles. The van der Waals surface area contributed by atoms with Gasteiger partial charge < -0.3 is 4.74 Å². The highest BCUT2D eigenvalue weighted by molar-refractivity contribution is 9.10. The van der Waals surface area contributed by atoms with Gasteiger partial charge in [0.25, 0.3) is 0 Å². The molecule has 0 radical (unpaired) electrons. The molecular weight excluding hydrogens is 328 g/mol. The highest BCUT2D eigenvalue weighted by Gasteiger charge is 2.10. The SMILES string of the molecule is COc1ccc(Br)c(CC(=O)c2cccc(Cl)c2)c1. The summed E-state index contributed by atoms with van der Waals surface area (Å²) in [7, 11) is 1.60. The maximum Gasteiger partial charge on any atom is 0.167 e. The van der Waals surface area contributed by atoms with Crippen LogP contribution < -0.4 is 4.74 Å². The number of Topliss-reactive ketones (excluding diaryl/α,β-unsaturated/α-hetero) is 1. The normalized spacial score (nSPS) is 10.3. The smallest absolute Gasteiger partial charge is 0.167 e. The van der Waals surface area contributed by atoms with Gasteiger partial charge in [0.15, 0.2) is 5.78 Å². The molecule has 2 rings (SSSR count). The van der Waals surface area contributed by atoms with Crippen molar-refractivity contribution in [2.45, 2.75) is 6.42 Å². The van der Waals surface area contributed by atoms with Crippen molar-refractivity contribution in [2.24, 2.45) is 0 Å². The zero-order chi connectivity index (χ0) is 13.8. The van der Waals surface area contributed by atoms with Crippen LogP contribution in [0.5, 0.6) is 5.75 Å². The Morgan fingerprint density at radius 3 is 2.74 bits per heavy atom. The molecule has 0 aliphatic rings. The lowest BCUT2D eigenvalue weighted by Gasteiger charge is -2.07. The van der Waals surface area contributed by atoms with Crippen molar-refractivity contribution in [1.82, 2.24) is 0 Å². The number of rotatable bonds is 4. The largest absolute Gasteiger partial charge is 0.497 e. The minimum atomic E-state index is 0.0245. The lowest BCUT2D eigenvalue weighted by atomic mass is 10.0. The number of ether oxygens (including phenoxy) is 1. The van der Waals surface area contributed by atoms with E-state index in [4.69, 9.17) is 16.3 Å². The van der Waals surface area contributed by atoms with Gasteiger partial charge in [-0.25, -0.2) is 0 Å². The van der Waals surface area contributed by atoms with Gasteiger partial charge in [0, 0.05) is 21.5 Å². The lowest BCUT2D eigenvalue weighted by Crippen LogP contribution is -2.04. The highest BCUT2D eigenvalue weighted by Crippen LogP contribution is 2.24. The van der Waals surface area contributed by atoms with Crippen LogP contribution in [0.15, 0.2) is 46.9 Å². The second-order valence-corrected chi connectivity index (χ2v) is 5.36. The number of hydrogen-bond acceptors (Lipinski definition) is 2. The number of carbonyl (C=O) groups excluding carboxylic acids is 1. The van der Waals surface area contributed by atoms with Crippen molar-refractivity contribution in [3.63, 3.8) is 0 Å². The second kappa shape index (κ2) is 6.22. The zero-order valence-corrected chi connectivity index (χ0v) is 12.7. The third-order valence-corrected chi connectivity index (χ3v) is 3.76. The molecule has 0 unspecified atom stereocenters. The van der Waals surface area contributed by atoms with Gasteiger partial charge >= 0.3 is 0 Å². The third-order valence-electron chi connectivity index (χ3n) is 2.75. The number of ketones is 1. The predicted octanol–water partition coefficient (Wildman–Crippen LogP) is 4.54. The van der Waals surface area contributed by atoms with E-state index in [-0.39, 0.29) is 5.78 Å². The summed E-state index contributed by atoms with van der Waals surface area (Å²) < 4.78 is 6.06. The van der Waals surface area contributed by atoms with Gasteiger partial charge in [-0.1, -0.05) is 39.7 Å². The molecule has 0 aromatic heterocycles. The minimum absolute atomic E-state index is 0.0245. The van der Waals surface area contributed by atoms with Crippen LogP contribution in [0.1, 0.15) is 15.9 Å². The Labute approximate surface area is 125 Å². The van der Waals surface area contributed by atoms with Crippen molar-refractivity contribution in [2.75, 3.05) is 7.11 Å². The van der Waals surface area contributed by atoms with E-state index in [0.717, 1.165) is 15.8 Å². The van der Waals surface area contributed by atoms with Crippen LogP contribution in [0.4, 0.5) is 0 Å². The van der Waals surface area contributed by atoms with Crippen LogP contribution in [0.3, 0.4) is 0 Å². The van der Waals surface area contributed by atoms with Crippen molar-refractivity contribution >= 4 is 33.3 Å². The summed E-state index contributed by atoms with van der Waals surface area (Å²) in [6.45, 7) is 0. The molecule has 0 amide bonds. The van der Waals surface area contributed by atoms with E-state index in [1.165, 1.54) is 0 Å². The Bertz CT molecular complexity index is 611. The van der Waals surface area contributed by atoms with Crippen LogP contribution in [-0.2, 0) is 6.42 Å². The zero-order valence-electron chi connectivity index (χ0n) is 10.3. The van der Waals surface area contributed by atoms with Crippen LogP contribution in [0.2, 0.25) is 5.02 Å². The Morgan fingerprint density at radius 2 is 2.05 bits per heavy atom. The standard InChI is InChI=1S/C15H12BrClO2/c1-19-13-5-6-14(16)11(8-13)9-15(18)10-3-2-4-12(17)7-10/h2-8H,9H2,1H3. The number of carbonyl (C=O) groups is 1. The summed E-state index contributed by atoms with van der Waals surface area (Å²) in [6, 6.07) is 12.5. The van der Waals surface area contributed by atoms with E-state index in [9.17, 15) is 4.79 Å². The molecule has 2 nitrogen and oxygen atoms in total. The predicted molar refractivity (Wildman–Crippen MR) is 80.2 cm³/mol. The first-order valence-electron chi connectivity index (χ1n) is 5.71. The molecule has 0 atom stereocenters. The molecule has 98 valence electrons. The van der Waals surface area contributed by atoms with Gasteiger partial charge in [-0.2, -0.15) is 0 Å². The molecule has 4 heteroatoms. The first kappa shape index (κ1) is 14.1. The average Bonchev–Trinajstić information content (AvgIpc) is 2.41. The monoisotopic (exact) mass is 338 g/mol. The van der Waals surface area contributed by atoms with Gasteiger partial charge in [0.1, 0.15) is 5.75 Å². The lowest BCUT2D eigenvalue weighted by molar-refractivity contribution is 0.0993. The minimum Gasteiger partial charge on any atom is -0.497 e. The van der Waals surface area contributed by atoms with Gasteiger partial charge in [-0.15, -0.1) is 0 Å². The molecule has 2 aromatic carbocycles. The molecule has 0 saturated carbocycles. The molecule has 0 N–H and O–H groups in total. The molecule has 0 fully saturated rings. The van der Waals surface area contributed by atoms with E-state index in [0.29, 0.717) is 17.0 Å². The Balaban J connectivity index is 2.23. The van der Waals surface area contributed by atoms with Crippen LogP contribution in [-0.4, -0.2) is 12.9 Å². The first-order chi connectivity index (χ1) is 9.10. The van der Waals surface area contributed by atoms with Crippen molar-refractivity contribution in [1.29, 1.82) is 0 Å². The Kier molecular flexibility index (Phi) is 4.61. The molecular formula is C15H12BrClO2. The third kappa shape index (κ3) is 3.58. The number of hydrogen-bond donors (Lipinski definition) is 0. The molecule has 0 spiro atoms. The van der Waals surface area contributed by atoms with Crippen LogP contribution in [0, 0.1) is 0 Å². The van der Waals surface area contributed by atoms with Gasteiger partial charge in [0.05, 0.1) is 7.11 Å². The maximum atomic E-state index is 12.2. The second-order valence-electron chi connectivity index (χ2n) is 4.07. The van der Waals surface area contributed by atoms with Crippen molar-refractivity contribution in [3.8, 4) is 5.75 Å². The quantitative estimate of drug-likeness (QED) is 0.765. The fraction of sp³-hybridized carbons (Fsp3) is 0.133. The Morgan fingerprint density at radius 1 is 1.26 bits per heavy atom. The molecule has 2 aromatic rings. The van der Waals surface area contributed by atoms with Crippen molar-refractivity contribution < 1.29 is 9.53 Å². The van der Waals surface area contributed by atoms with Crippen LogP contribution in [0.25, 0.3) is 0 Å². The van der Waals surface area contributed by atoms with Gasteiger partial charge in [0.2, 0.25) is 0 Å². The summed E-state index contributed by atoms with van der Waals surface area (Å²) >= 11 is 9.33. The summed E-state index contributed by atoms with van der Waals surface area (Å²) in [6.07, 6.45) is 0.304. The molecule has 0 saturated heterocycles. The number of benzene rings is 2. The molecule has 0 aliphatic heterocycles. The fourth-order valence-electron chi connectivity index (χ4n) is 1.75. The number of halogens is 2. The van der Waals surface area contributed by atoms with Gasteiger partial charge in [-0.05, 0) is 35.9 Å². The molecule has 0 heterocycles.